The average molecular weight is 178 g/mol. The molecule has 0 atom stereocenters. The fourth-order valence-electron chi connectivity index (χ4n) is 0.478. The first-order valence-electron chi connectivity index (χ1n) is 2.26. The van der Waals surface area contributed by atoms with Gasteiger partial charge in [0.15, 0.2) is 0 Å². The van der Waals surface area contributed by atoms with E-state index in [2.05, 4.69) is 24.3 Å². The maximum atomic E-state index is 2.14. The van der Waals surface area contributed by atoms with Gasteiger partial charge in [-0.15, -0.1) is 0 Å². The predicted molar refractivity (Wildman–Crippen MR) is 26.1 cm³/mol. The Morgan fingerprint density at radius 2 is 1.50 bits per heavy atom. The number of halogens is 1. The minimum atomic E-state index is 0. The van der Waals surface area contributed by atoms with E-state index in [0.29, 0.717) is 0 Å². The van der Waals surface area contributed by atoms with Crippen molar-refractivity contribution in [3.63, 3.8) is 0 Å². The van der Waals surface area contributed by atoms with Crippen LogP contribution >= 0.6 is 0 Å². The molecule has 2 heteroatoms. The van der Waals surface area contributed by atoms with E-state index >= 15 is 0 Å². The van der Waals surface area contributed by atoms with Gasteiger partial charge >= 0.3 is 52.8 Å². The molecule has 0 bridgehead atoms. The van der Waals surface area contributed by atoms with Crippen molar-refractivity contribution < 1.29 is 30.7 Å². The molecule has 0 N–H and O–H groups in total. The summed E-state index contributed by atoms with van der Waals surface area (Å²) in [5.74, 6) is 0. The zero-order valence-electron chi connectivity index (χ0n) is 4.47. The third-order valence-electron chi connectivity index (χ3n) is 0.843. The molecule has 0 fully saturated rings. The van der Waals surface area contributed by atoms with E-state index in [1.54, 1.807) is 0 Å². The van der Waals surface area contributed by atoms with Crippen LogP contribution in [-0.4, -0.2) is 0 Å². The number of hydrogen-bond acceptors (Lipinski definition) is 0. The van der Waals surface area contributed by atoms with E-state index in [1.165, 1.54) is 22.5 Å². The Bertz CT molecular complexity index is 138. The van der Waals surface area contributed by atoms with Crippen molar-refractivity contribution in [3.05, 3.63) is 30.3 Å². The Labute approximate surface area is 65.4 Å². The molecule has 1 aromatic rings. The first kappa shape index (κ1) is 8.13. The van der Waals surface area contributed by atoms with Crippen molar-refractivity contribution in [2.75, 3.05) is 0 Å². The molecule has 0 aliphatic carbocycles. The quantitative estimate of drug-likeness (QED) is 0.398. The van der Waals surface area contributed by atoms with Gasteiger partial charge in [0.25, 0.3) is 0 Å². The normalized spacial score (nSPS) is 7.75. The van der Waals surface area contributed by atoms with Gasteiger partial charge in [-0.25, -0.2) is 0 Å². The molecule has 0 saturated heterocycles. The van der Waals surface area contributed by atoms with Crippen molar-refractivity contribution in [2.24, 2.45) is 0 Å². The fourth-order valence-corrected chi connectivity index (χ4v) is 1.05. The summed E-state index contributed by atoms with van der Waals surface area (Å²) in [5.41, 5.74) is 0. The SMILES string of the molecule is [Cl-].[Zn+][c]1ccccc1. The van der Waals surface area contributed by atoms with E-state index in [9.17, 15) is 0 Å². The number of benzene rings is 1. The molecule has 0 spiro atoms. The van der Waals surface area contributed by atoms with Crippen molar-refractivity contribution in [1.82, 2.24) is 0 Å². The molecule has 38 valence electrons. The van der Waals surface area contributed by atoms with Gasteiger partial charge in [0.2, 0.25) is 0 Å². The van der Waals surface area contributed by atoms with Crippen molar-refractivity contribution >= 4 is 4.16 Å². The number of hydrogen-bond donors (Lipinski definition) is 0. The van der Waals surface area contributed by atoms with Gasteiger partial charge in [-0.3, -0.25) is 0 Å². The minimum absolute atomic E-state index is 0. The molecular formula is C6H5ClZn. The molecule has 8 heavy (non-hydrogen) atoms. The van der Waals surface area contributed by atoms with E-state index in [0.717, 1.165) is 0 Å². The molecule has 0 saturated carbocycles. The van der Waals surface area contributed by atoms with Crippen LogP contribution < -0.4 is 16.6 Å². The van der Waals surface area contributed by atoms with Gasteiger partial charge in [0.1, 0.15) is 0 Å². The van der Waals surface area contributed by atoms with E-state index in [4.69, 9.17) is 0 Å². The Morgan fingerprint density at radius 1 is 1.00 bits per heavy atom. The molecule has 0 radical (unpaired) electrons. The van der Waals surface area contributed by atoms with Crippen molar-refractivity contribution in [3.8, 4) is 0 Å². The molecule has 0 unspecified atom stereocenters. The maximum absolute atomic E-state index is 2.14. The summed E-state index contributed by atoms with van der Waals surface area (Å²) in [6.45, 7) is 0. The predicted octanol–water partition coefficient (Wildman–Crippen LogP) is -2.14. The van der Waals surface area contributed by atoms with Crippen LogP contribution in [-0.2, 0) is 18.3 Å². The second kappa shape index (κ2) is 4.06. The van der Waals surface area contributed by atoms with E-state index in [1.807, 2.05) is 6.07 Å². The van der Waals surface area contributed by atoms with Crippen LogP contribution in [0.15, 0.2) is 30.3 Å². The molecular weight excluding hydrogens is 173 g/mol. The summed E-state index contributed by atoms with van der Waals surface area (Å²) < 4.78 is 1.45. The summed E-state index contributed by atoms with van der Waals surface area (Å²) in [7, 11) is 0. The van der Waals surface area contributed by atoms with Crippen LogP contribution in [0.1, 0.15) is 0 Å². The molecule has 0 heterocycles. The number of rotatable bonds is 0. The molecule has 0 nitrogen and oxygen atoms in total. The Morgan fingerprint density at radius 3 is 1.75 bits per heavy atom. The molecule has 0 amide bonds. The molecule has 1 aromatic carbocycles. The monoisotopic (exact) mass is 176 g/mol. The fraction of sp³-hybridized carbons (Fsp3) is 0. The van der Waals surface area contributed by atoms with Gasteiger partial charge in [-0.05, 0) is 0 Å². The van der Waals surface area contributed by atoms with Crippen LogP contribution in [0.25, 0.3) is 0 Å². The van der Waals surface area contributed by atoms with Gasteiger partial charge in [-0.2, -0.15) is 0 Å². The summed E-state index contributed by atoms with van der Waals surface area (Å²) in [6, 6.07) is 10.5. The zero-order valence-corrected chi connectivity index (χ0v) is 8.19. The van der Waals surface area contributed by atoms with E-state index in [-0.39, 0.29) is 12.4 Å². The van der Waals surface area contributed by atoms with Crippen molar-refractivity contribution in [1.29, 1.82) is 0 Å². The second-order valence-corrected chi connectivity index (χ2v) is 3.20. The van der Waals surface area contributed by atoms with Gasteiger partial charge in [0.05, 0.1) is 0 Å². The Balaban J connectivity index is 0.000000490. The molecule has 0 aliphatic heterocycles. The van der Waals surface area contributed by atoms with Gasteiger partial charge in [-0.1, -0.05) is 0 Å². The zero-order chi connectivity index (χ0) is 5.11. The summed E-state index contributed by atoms with van der Waals surface area (Å²) in [5, 5.41) is 0. The van der Waals surface area contributed by atoms with Gasteiger partial charge < -0.3 is 12.4 Å². The van der Waals surface area contributed by atoms with E-state index < -0.39 is 0 Å². The Hall–Kier alpha value is 0.133. The van der Waals surface area contributed by atoms with Crippen LogP contribution in [0.3, 0.4) is 0 Å². The topological polar surface area (TPSA) is 0 Å². The van der Waals surface area contributed by atoms with Crippen LogP contribution in [0.5, 0.6) is 0 Å². The Kier molecular flexibility index (Phi) is 4.12. The third-order valence-corrected chi connectivity index (χ3v) is 1.83. The standard InChI is InChI=1S/C6H5.ClH.Zn/c1-2-4-6-5-3-1;;/h1-5H;1H;/q;;+1/p-1. The third kappa shape index (κ3) is 2.44. The molecule has 1 rings (SSSR count). The summed E-state index contributed by atoms with van der Waals surface area (Å²) in [6.07, 6.45) is 0. The summed E-state index contributed by atoms with van der Waals surface area (Å²) >= 11 is 1.26. The first-order valence-corrected chi connectivity index (χ1v) is 3.75. The van der Waals surface area contributed by atoms with Crippen molar-refractivity contribution in [2.45, 2.75) is 0 Å². The molecule has 0 aromatic heterocycles. The first-order chi connectivity index (χ1) is 3.39. The molecule has 0 aliphatic rings. The second-order valence-electron chi connectivity index (χ2n) is 1.49. The van der Waals surface area contributed by atoms with Gasteiger partial charge in [0, 0.05) is 0 Å². The van der Waals surface area contributed by atoms with Crippen LogP contribution in [0.2, 0.25) is 0 Å². The average Bonchev–Trinajstić information content (AvgIpc) is 1.69. The summed E-state index contributed by atoms with van der Waals surface area (Å²) in [4.78, 5) is 0. The van der Waals surface area contributed by atoms with Crippen LogP contribution in [0.4, 0.5) is 0 Å². The van der Waals surface area contributed by atoms with Crippen LogP contribution in [0, 0.1) is 0 Å².